The highest BCUT2D eigenvalue weighted by atomic mass is 14.6. The highest BCUT2D eigenvalue weighted by molar-refractivity contribution is 6.21. The van der Waals surface area contributed by atoms with Gasteiger partial charge in [0.05, 0.1) is 16.2 Å². The maximum Gasteiger partial charge on any atom is 0.0726 e. The predicted octanol–water partition coefficient (Wildman–Crippen LogP) is 30.3. The Hall–Kier alpha value is -14.8. The topological polar surface area (TPSA) is 0 Å². The molecule has 0 amide bonds. The molecule has 0 radical (unpaired) electrons. The summed E-state index contributed by atoms with van der Waals surface area (Å²) in [4.78, 5) is 0. The van der Waals surface area contributed by atoms with Crippen LogP contribution in [-0.2, 0) is 16.2 Å². The van der Waals surface area contributed by atoms with Crippen molar-refractivity contribution in [2.24, 2.45) is 0 Å². The minimum Gasteiger partial charge on any atom is -0.0616 e. The van der Waals surface area contributed by atoms with Gasteiger partial charge in [-0.1, -0.05) is 364 Å². The molecule has 0 nitrogen and oxygen atoms in total. The van der Waals surface area contributed by atoms with Crippen LogP contribution in [0.1, 0.15) is 66.8 Å². The van der Waals surface area contributed by atoms with Gasteiger partial charge in [-0.25, -0.2) is 0 Å². The second-order valence-corrected chi connectivity index (χ2v) is 33.4. The van der Waals surface area contributed by atoms with Crippen LogP contribution in [0.25, 0.3) is 185 Å². The predicted molar refractivity (Wildman–Crippen MR) is 493 cm³/mol. The minimum atomic E-state index is -0.0959. The van der Waals surface area contributed by atoms with E-state index in [-0.39, 0.29) is 16.2 Å². The molecule has 0 atom stereocenters. The van der Waals surface area contributed by atoms with Gasteiger partial charge < -0.3 is 0 Å². The summed E-state index contributed by atoms with van der Waals surface area (Å²) in [6, 6.07) is 154. The third-order valence-electron chi connectivity index (χ3n) is 28.1. The van der Waals surface area contributed by atoms with E-state index in [1.807, 2.05) is 0 Å². The van der Waals surface area contributed by atoms with E-state index >= 15 is 0 Å². The second-order valence-electron chi connectivity index (χ2n) is 33.4. The van der Waals surface area contributed by atoms with Crippen LogP contribution in [0.4, 0.5) is 0 Å². The lowest BCUT2D eigenvalue weighted by atomic mass is 9.49. The van der Waals surface area contributed by atoms with E-state index in [9.17, 15) is 0 Å². The van der Waals surface area contributed by atoms with E-state index in [4.69, 9.17) is 0 Å². The monoisotopic (exact) mass is 1470 g/mol. The van der Waals surface area contributed by atoms with Crippen LogP contribution in [0, 0.1) is 0 Å². The van der Waals surface area contributed by atoms with Crippen molar-refractivity contribution in [3.05, 3.63) is 479 Å². The largest absolute Gasteiger partial charge is 0.0726 e. The molecule has 0 saturated heterocycles. The summed E-state index contributed by atoms with van der Waals surface area (Å²) in [5.41, 5.74) is 30.2. The molecule has 29 rings (SSSR count). The molecule has 0 N–H and O–H groups in total. The van der Waals surface area contributed by atoms with Crippen LogP contribution >= 0.6 is 0 Å². The van der Waals surface area contributed by atoms with Gasteiger partial charge in [0.25, 0.3) is 0 Å². The number of fused-ring (bicyclic) bond motifs is 18. The highest BCUT2D eigenvalue weighted by Gasteiger charge is 2.57. The van der Waals surface area contributed by atoms with Crippen molar-refractivity contribution >= 4 is 129 Å². The fraction of sp³-hybridized carbons (Fsp3) is 0.0256. The van der Waals surface area contributed by atoms with Crippen LogP contribution in [0.2, 0.25) is 0 Å². The molecule has 23 aromatic carbocycles. The van der Waals surface area contributed by atoms with Gasteiger partial charge in [-0.2, -0.15) is 0 Å². The zero-order chi connectivity index (χ0) is 76.1. The van der Waals surface area contributed by atoms with Crippen molar-refractivity contribution in [2.45, 2.75) is 16.2 Å². The van der Waals surface area contributed by atoms with Gasteiger partial charge in [0, 0.05) is 0 Å². The Kier molecular flexibility index (Phi) is 12.6. The zero-order valence-electron chi connectivity index (χ0n) is 63.8. The van der Waals surface area contributed by atoms with Gasteiger partial charge in [0.2, 0.25) is 0 Å². The summed E-state index contributed by atoms with van der Waals surface area (Å²) in [5, 5.41) is 32.2. The number of hydrogen-bond acceptors (Lipinski definition) is 0. The van der Waals surface area contributed by atoms with Crippen LogP contribution < -0.4 is 0 Å². The number of rotatable bonds is 5. The van der Waals surface area contributed by atoms with Crippen molar-refractivity contribution in [3.8, 4) is 55.6 Å². The molecule has 3 spiro atoms. The Morgan fingerprint density at radius 1 is 0.120 bits per heavy atom. The van der Waals surface area contributed by atoms with Crippen LogP contribution in [0.15, 0.2) is 413 Å². The Morgan fingerprint density at radius 2 is 0.385 bits per heavy atom. The SMILES string of the molecule is c1cc(-c2c3ccccc3cc3ccccc23)cc(-c2ccc3c4c(cccc24)C32c3cccc4cccc2c34)c1.c1ccc2c(-c3cc4c5c(cccc5c3)C43c4cccc5cccc3c45)c3ccccc3cc2c1.c1ccc2c(-c3ccc(-c4cc5c6c(cccc6c4)C54c5cccc6cccc4c56)cc3)c3ccccc3cc2c1. The summed E-state index contributed by atoms with van der Waals surface area (Å²) in [7, 11) is 0. The lowest BCUT2D eigenvalue weighted by molar-refractivity contribution is 0.701. The fourth-order valence-electron chi connectivity index (χ4n) is 23.4. The first-order valence-electron chi connectivity index (χ1n) is 41.3. The third-order valence-corrected chi connectivity index (χ3v) is 28.1. The molecule has 0 unspecified atom stereocenters. The zero-order valence-corrected chi connectivity index (χ0v) is 63.8. The molecule has 6 aliphatic rings. The third kappa shape index (κ3) is 8.12. The maximum absolute atomic E-state index is 2.50. The van der Waals surface area contributed by atoms with Crippen LogP contribution in [0.5, 0.6) is 0 Å². The van der Waals surface area contributed by atoms with E-state index in [0.29, 0.717) is 0 Å². The molecule has 0 aromatic heterocycles. The Morgan fingerprint density at radius 3 is 0.786 bits per heavy atom. The van der Waals surface area contributed by atoms with Gasteiger partial charge in [-0.15, -0.1) is 0 Å². The molecular formula is C117H68. The van der Waals surface area contributed by atoms with E-state index < -0.39 is 0 Å². The van der Waals surface area contributed by atoms with Crippen LogP contribution in [0.3, 0.4) is 0 Å². The standard InChI is InChI=1S/2C41H24.C35H20/c1-3-15-31-27(9-1)23-28-10-2-4-16-32(28)38(31)29-14-5-13-26(24-29)30-21-22-37-40-33(30)17-8-20-36(40)41(37)34-18-6-11-25-12-7-19-35(41)39(25)34;1-3-13-32-28(8-1)22-29-9-2-4-14-33(29)38(32)27-20-18-25(19-21-27)31-23-30-12-7-17-36-40(30)37(24-31)41(36)34-15-5-10-26-11-6-16-35(41)39(26)34;1-3-13-26-22(8-1)18-23-9-2-4-14-27(23)32(26)25-19-24-12-7-17-30-34(24)31(20-25)35(30)28-15-5-10-21-11-6-16-29(35)33(21)28/h2*1-24H;1-20H. The summed E-state index contributed by atoms with van der Waals surface area (Å²) in [5.74, 6) is 0. The van der Waals surface area contributed by atoms with Gasteiger partial charge in [-0.05, 0) is 300 Å². The summed E-state index contributed by atoms with van der Waals surface area (Å²) >= 11 is 0. The smallest absolute Gasteiger partial charge is 0.0616 e. The molecule has 0 heteroatoms. The van der Waals surface area contributed by atoms with E-state index in [1.54, 1.807) is 0 Å². The average Bonchev–Trinajstić information content (AvgIpc) is 0.652. The first-order valence-corrected chi connectivity index (χ1v) is 41.3. The fourth-order valence-corrected chi connectivity index (χ4v) is 23.4. The molecule has 536 valence electrons. The van der Waals surface area contributed by atoms with Gasteiger partial charge in [-0.3, -0.25) is 0 Å². The molecule has 0 heterocycles. The number of benzene rings is 23. The second kappa shape index (κ2) is 23.2. The van der Waals surface area contributed by atoms with Gasteiger partial charge in [0.1, 0.15) is 0 Å². The molecular weight excluding hydrogens is 1410 g/mol. The summed E-state index contributed by atoms with van der Waals surface area (Å²) in [6.45, 7) is 0. The molecule has 117 heavy (non-hydrogen) atoms. The van der Waals surface area contributed by atoms with E-state index in [1.165, 1.54) is 252 Å². The molecule has 0 saturated carbocycles. The summed E-state index contributed by atoms with van der Waals surface area (Å²) < 4.78 is 0. The van der Waals surface area contributed by atoms with Gasteiger partial charge in [0.15, 0.2) is 0 Å². The van der Waals surface area contributed by atoms with Gasteiger partial charge >= 0.3 is 0 Å². The van der Waals surface area contributed by atoms with E-state index in [2.05, 4.69) is 413 Å². The quantitative estimate of drug-likeness (QED) is 0.151. The van der Waals surface area contributed by atoms with Crippen molar-refractivity contribution in [2.75, 3.05) is 0 Å². The Bertz CT molecular complexity index is 8170. The first-order chi connectivity index (χ1) is 58.0. The first kappa shape index (κ1) is 63.7. The molecule has 23 aromatic rings. The van der Waals surface area contributed by atoms with Crippen molar-refractivity contribution in [3.63, 3.8) is 0 Å². The highest BCUT2D eigenvalue weighted by Crippen LogP contribution is 2.69. The molecule has 0 fully saturated rings. The molecule has 0 aliphatic heterocycles. The lowest BCUT2D eigenvalue weighted by Crippen LogP contribution is -2.43. The van der Waals surface area contributed by atoms with Crippen molar-refractivity contribution in [1.29, 1.82) is 0 Å². The maximum atomic E-state index is 2.50. The lowest BCUT2D eigenvalue weighted by Gasteiger charge is -2.52. The molecule has 6 aliphatic carbocycles. The molecule has 0 bridgehead atoms. The van der Waals surface area contributed by atoms with Crippen molar-refractivity contribution in [1.82, 2.24) is 0 Å². The minimum absolute atomic E-state index is 0.0762. The van der Waals surface area contributed by atoms with E-state index in [0.717, 1.165) is 0 Å². The average molecular weight is 1470 g/mol. The Balaban J connectivity index is 0.0000000940. The number of hydrogen-bond donors (Lipinski definition) is 0. The summed E-state index contributed by atoms with van der Waals surface area (Å²) in [6.07, 6.45) is 0. The normalized spacial score (nSPS) is 14.2. The Labute approximate surface area is 675 Å². The van der Waals surface area contributed by atoms with Crippen molar-refractivity contribution < 1.29 is 0 Å². The van der Waals surface area contributed by atoms with Crippen LogP contribution in [-0.4, -0.2) is 0 Å².